The van der Waals surface area contributed by atoms with Crippen molar-refractivity contribution in [3.05, 3.63) is 0 Å². The summed E-state index contributed by atoms with van der Waals surface area (Å²) in [7, 11) is -1.38. The number of aromatic nitrogens is 4. The van der Waals surface area contributed by atoms with Crippen LogP contribution in [0.25, 0.3) is 0 Å². The summed E-state index contributed by atoms with van der Waals surface area (Å²) in [6.45, 7) is 6.27. The fourth-order valence-electron chi connectivity index (χ4n) is 0.771. The molecule has 0 aliphatic heterocycles. The molecule has 0 aliphatic rings. The van der Waals surface area contributed by atoms with Crippen LogP contribution in [0.2, 0.25) is 19.6 Å². The topological polar surface area (TPSA) is 80.9 Å². The number of carbonyl (C=O) groups is 1. The summed E-state index contributed by atoms with van der Waals surface area (Å²) < 4.78 is 1.31. The molecular formula is C6H12N4O2SSi. The number of nitrogens with zero attached hydrogens (tertiary/aromatic N) is 4. The molecule has 1 aromatic heterocycles. The Morgan fingerprint density at radius 3 is 2.71 bits per heavy atom. The smallest absolute Gasteiger partial charge is 0.325 e. The molecule has 0 spiro atoms. The van der Waals surface area contributed by atoms with E-state index in [9.17, 15) is 4.79 Å². The van der Waals surface area contributed by atoms with E-state index in [-0.39, 0.29) is 6.54 Å². The summed E-state index contributed by atoms with van der Waals surface area (Å²) in [5.74, 6) is -0.935. The second kappa shape index (κ2) is 4.09. The standard InChI is InChI=1S/C6H12N4O2SSi/c1-14(2,3)13-6-7-8-9-10(6)4-5(11)12/h4H2,1-3H3,(H,11,12). The van der Waals surface area contributed by atoms with Gasteiger partial charge in [-0.2, -0.15) is 0 Å². The van der Waals surface area contributed by atoms with Crippen LogP contribution >= 0.6 is 11.2 Å². The molecule has 14 heavy (non-hydrogen) atoms. The van der Waals surface area contributed by atoms with Crippen molar-refractivity contribution >= 4 is 24.4 Å². The van der Waals surface area contributed by atoms with Gasteiger partial charge in [-0.3, -0.25) is 4.79 Å². The zero-order valence-electron chi connectivity index (χ0n) is 8.26. The molecular weight excluding hydrogens is 220 g/mol. The first-order chi connectivity index (χ1) is 6.38. The molecule has 0 aromatic carbocycles. The van der Waals surface area contributed by atoms with Crippen molar-refractivity contribution < 1.29 is 9.90 Å². The number of carboxylic acids is 1. The maximum absolute atomic E-state index is 10.5. The second-order valence-electron chi connectivity index (χ2n) is 3.73. The predicted molar refractivity (Wildman–Crippen MR) is 54.7 cm³/mol. The highest BCUT2D eigenvalue weighted by atomic mass is 32.4. The van der Waals surface area contributed by atoms with Gasteiger partial charge in [0.25, 0.3) is 0 Å². The van der Waals surface area contributed by atoms with Gasteiger partial charge in [0.05, 0.1) is 0 Å². The Bertz CT molecular complexity index is 335. The monoisotopic (exact) mass is 232 g/mol. The third kappa shape index (κ3) is 3.46. The van der Waals surface area contributed by atoms with Gasteiger partial charge in [0.15, 0.2) is 0 Å². The fraction of sp³-hybridized carbons (Fsp3) is 0.667. The average Bonchev–Trinajstić information content (AvgIpc) is 2.32. The first-order valence-corrected chi connectivity index (χ1v) is 9.09. The van der Waals surface area contributed by atoms with Crippen molar-refractivity contribution in [1.29, 1.82) is 0 Å². The molecule has 1 aromatic rings. The van der Waals surface area contributed by atoms with Gasteiger partial charge in [0.2, 0.25) is 5.16 Å². The summed E-state index contributed by atoms with van der Waals surface area (Å²) in [5, 5.41) is 20.1. The zero-order valence-corrected chi connectivity index (χ0v) is 10.1. The average molecular weight is 232 g/mol. The highest BCUT2D eigenvalue weighted by molar-refractivity contribution is 8.28. The Hall–Kier alpha value is -0.893. The first kappa shape index (κ1) is 11.2. The van der Waals surface area contributed by atoms with Crippen molar-refractivity contribution in [1.82, 2.24) is 20.2 Å². The summed E-state index contributed by atoms with van der Waals surface area (Å²) >= 11 is 1.58. The third-order valence-electron chi connectivity index (χ3n) is 1.18. The summed E-state index contributed by atoms with van der Waals surface area (Å²) in [6.07, 6.45) is 0. The normalized spacial score (nSPS) is 11.6. The lowest BCUT2D eigenvalue weighted by Gasteiger charge is -2.13. The summed E-state index contributed by atoms with van der Waals surface area (Å²) in [4.78, 5) is 10.5. The third-order valence-corrected chi connectivity index (χ3v) is 4.65. The molecule has 8 heteroatoms. The lowest BCUT2D eigenvalue weighted by molar-refractivity contribution is -0.138. The molecule has 6 nitrogen and oxygen atoms in total. The number of aliphatic carboxylic acids is 1. The summed E-state index contributed by atoms with van der Waals surface area (Å²) in [5.41, 5.74) is 0. The molecule has 78 valence electrons. The van der Waals surface area contributed by atoms with Crippen LogP contribution in [-0.2, 0) is 11.3 Å². The highest BCUT2D eigenvalue weighted by Gasteiger charge is 2.20. The molecule has 0 fully saturated rings. The Morgan fingerprint density at radius 1 is 1.57 bits per heavy atom. The molecule has 0 amide bonds. The van der Waals surface area contributed by atoms with Gasteiger partial charge in [-0.15, -0.1) is 16.3 Å². The van der Waals surface area contributed by atoms with Gasteiger partial charge in [-0.25, -0.2) is 4.68 Å². The van der Waals surface area contributed by atoms with E-state index in [1.807, 2.05) is 0 Å². The number of hydrogen-bond donors (Lipinski definition) is 1. The number of tetrazole rings is 1. The van der Waals surface area contributed by atoms with Crippen LogP contribution in [0.15, 0.2) is 5.16 Å². The van der Waals surface area contributed by atoms with E-state index in [1.54, 1.807) is 11.2 Å². The van der Waals surface area contributed by atoms with E-state index < -0.39 is 13.2 Å². The molecule has 0 aliphatic carbocycles. The van der Waals surface area contributed by atoms with Crippen molar-refractivity contribution in [2.75, 3.05) is 0 Å². The lowest BCUT2D eigenvalue weighted by atomic mass is 10.7. The van der Waals surface area contributed by atoms with Crippen molar-refractivity contribution in [3.63, 3.8) is 0 Å². The van der Waals surface area contributed by atoms with Gasteiger partial charge >= 0.3 is 5.97 Å². The molecule has 0 saturated heterocycles. The van der Waals surface area contributed by atoms with Gasteiger partial charge in [-0.1, -0.05) is 19.6 Å². The van der Waals surface area contributed by atoms with Gasteiger partial charge < -0.3 is 5.11 Å². The molecule has 0 atom stereocenters. The van der Waals surface area contributed by atoms with Crippen LogP contribution in [0, 0.1) is 0 Å². The van der Waals surface area contributed by atoms with Crippen LogP contribution in [0.4, 0.5) is 0 Å². The zero-order chi connectivity index (χ0) is 10.8. The predicted octanol–water partition coefficient (Wildman–Crippen LogP) is 0.685. The molecule has 0 unspecified atom stereocenters. The van der Waals surface area contributed by atoms with Crippen LogP contribution in [0.3, 0.4) is 0 Å². The van der Waals surface area contributed by atoms with Crippen molar-refractivity contribution in [3.8, 4) is 0 Å². The van der Waals surface area contributed by atoms with Crippen molar-refractivity contribution in [2.45, 2.75) is 31.3 Å². The molecule has 0 saturated carbocycles. The minimum absolute atomic E-state index is 0.181. The largest absolute Gasteiger partial charge is 0.480 e. The van der Waals surface area contributed by atoms with E-state index >= 15 is 0 Å². The van der Waals surface area contributed by atoms with Gasteiger partial charge in [-0.05, 0) is 10.4 Å². The number of carboxylic acid groups (broad SMARTS) is 1. The molecule has 0 radical (unpaired) electrons. The van der Waals surface area contributed by atoms with Crippen LogP contribution in [-0.4, -0.2) is 38.5 Å². The highest BCUT2D eigenvalue weighted by Crippen LogP contribution is 2.26. The Morgan fingerprint density at radius 2 is 2.21 bits per heavy atom. The Balaban J connectivity index is 2.77. The van der Waals surface area contributed by atoms with E-state index in [0.29, 0.717) is 5.16 Å². The maximum atomic E-state index is 10.5. The Labute approximate surface area is 86.3 Å². The second-order valence-corrected chi connectivity index (χ2v) is 12.8. The SMILES string of the molecule is C[Si](C)(C)Sc1nnnn1CC(=O)O. The van der Waals surface area contributed by atoms with E-state index in [0.717, 1.165) is 0 Å². The van der Waals surface area contributed by atoms with Crippen LogP contribution in [0.5, 0.6) is 0 Å². The minimum Gasteiger partial charge on any atom is -0.480 e. The van der Waals surface area contributed by atoms with E-state index in [4.69, 9.17) is 5.11 Å². The number of hydrogen-bond acceptors (Lipinski definition) is 5. The molecule has 1 heterocycles. The number of rotatable bonds is 4. The lowest BCUT2D eigenvalue weighted by Crippen LogP contribution is -2.18. The minimum atomic E-state index is -1.38. The molecule has 1 N–H and O–H groups in total. The molecule has 0 bridgehead atoms. The van der Waals surface area contributed by atoms with E-state index in [1.165, 1.54) is 4.68 Å². The quantitative estimate of drug-likeness (QED) is 0.769. The van der Waals surface area contributed by atoms with Crippen LogP contribution < -0.4 is 0 Å². The fourth-order valence-corrected chi connectivity index (χ4v) is 3.68. The van der Waals surface area contributed by atoms with Crippen molar-refractivity contribution in [2.24, 2.45) is 0 Å². The first-order valence-electron chi connectivity index (χ1n) is 4.05. The molecule has 1 rings (SSSR count). The van der Waals surface area contributed by atoms with Gasteiger partial charge in [0, 0.05) is 0 Å². The van der Waals surface area contributed by atoms with E-state index in [2.05, 4.69) is 35.2 Å². The Kier molecular flexibility index (Phi) is 3.27. The van der Waals surface area contributed by atoms with Crippen LogP contribution in [0.1, 0.15) is 0 Å². The summed E-state index contributed by atoms with van der Waals surface area (Å²) in [6, 6.07) is 0. The maximum Gasteiger partial charge on any atom is 0.325 e. The van der Waals surface area contributed by atoms with Gasteiger partial charge in [0.1, 0.15) is 13.8 Å².